The number of nitrogens with zero attached hydrogens (tertiary/aromatic N) is 1. The Kier molecular flexibility index (Phi) is 4.93. The molecule has 0 atom stereocenters. The van der Waals surface area contributed by atoms with Gasteiger partial charge in [0, 0.05) is 11.1 Å². The van der Waals surface area contributed by atoms with Crippen LogP contribution in [0.3, 0.4) is 0 Å². The van der Waals surface area contributed by atoms with Crippen LogP contribution in [0, 0.1) is 11.3 Å². The maximum absolute atomic E-state index is 12.8. The largest absolute Gasteiger partial charge is 0.376 e. The summed E-state index contributed by atoms with van der Waals surface area (Å²) in [5.41, 5.74) is 1.11. The van der Waals surface area contributed by atoms with Crippen LogP contribution < -0.4 is 0 Å². The highest BCUT2D eigenvalue weighted by Gasteiger charge is 2.44. The van der Waals surface area contributed by atoms with Gasteiger partial charge in [0.1, 0.15) is 5.45 Å². The molecule has 0 aromatic heterocycles. The molecule has 0 bridgehead atoms. The molecule has 0 aromatic carbocycles. The van der Waals surface area contributed by atoms with Gasteiger partial charge in [-0.2, -0.15) is 0 Å². The van der Waals surface area contributed by atoms with Gasteiger partial charge in [-0.3, -0.25) is 4.57 Å². The van der Waals surface area contributed by atoms with Crippen LogP contribution in [0.1, 0.15) is 41.5 Å². The third-order valence-corrected chi connectivity index (χ3v) is 5.16. The first-order valence-corrected chi connectivity index (χ1v) is 8.02. The second-order valence-corrected chi connectivity index (χ2v) is 7.15. The fraction of sp³-hybridized carbons (Fsp3) is 0.769. The van der Waals surface area contributed by atoms with E-state index in [9.17, 15) is 4.57 Å². The molecule has 0 radical (unpaired) electrons. The lowest BCUT2D eigenvalue weighted by Crippen LogP contribution is -2.21. The Labute approximate surface area is 110 Å². The van der Waals surface area contributed by atoms with Crippen molar-refractivity contribution in [2.24, 2.45) is 16.3 Å². The highest BCUT2D eigenvalue weighted by atomic mass is 31.2. The molecule has 18 heavy (non-hydrogen) atoms. The van der Waals surface area contributed by atoms with Gasteiger partial charge in [-0.1, -0.05) is 33.8 Å². The number of rotatable bonds is 6. The third kappa shape index (κ3) is 3.11. The quantitative estimate of drug-likeness (QED) is 0.680. The molecule has 0 saturated heterocycles. The van der Waals surface area contributed by atoms with Gasteiger partial charge in [-0.25, -0.2) is 4.99 Å². The van der Waals surface area contributed by atoms with Crippen molar-refractivity contribution < 1.29 is 13.6 Å². The molecule has 104 valence electrons. The fourth-order valence-corrected chi connectivity index (χ4v) is 3.95. The van der Waals surface area contributed by atoms with Crippen LogP contribution in [-0.2, 0) is 13.6 Å². The predicted molar refractivity (Wildman–Crippen MR) is 75.0 cm³/mol. The zero-order valence-corrected chi connectivity index (χ0v) is 13.1. The van der Waals surface area contributed by atoms with E-state index in [4.69, 9.17) is 9.05 Å². The molecule has 0 fully saturated rings. The van der Waals surface area contributed by atoms with E-state index in [-0.39, 0.29) is 5.41 Å². The second kappa shape index (κ2) is 5.68. The minimum atomic E-state index is -3.27. The van der Waals surface area contributed by atoms with Gasteiger partial charge < -0.3 is 9.05 Å². The van der Waals surface area contributed by atoms with E-state index < -0.39 is 7.60 Å². The molecule has 0 aliphatic carbocycles. The Hall–Kier alpha value is -0.440. The lowest BCUT2D eigenvalue weighted by Gasteiger charge is -2.25. The van der Waals surface area contributed by atoms with E-state index in [1.807, 2.05) is 27.7 Å². The first kappa shape index (κ1) is 15.6. The van der Waals surface area contributed by atoms with E-state index >= 15 is 0 Å². The van der Waals surface area contributed by atoms with E-state index in [1.165, 1.54) is 0 Å². The fourth-order valence-electron chi connectivity index (χ4n) is 1.94. The maximum atomic E-state index is 12.8. The lowest BCUT2D eigenvalue weighted by atomic mass is 9.94. The zero-order valence-electron chi connectivity index (χ0n) is 12.2. The van der Waals surface area contributed by atoms with Crippen molar-refractivity contribution in [1.29, 1.82) is 0 Å². The number of allylic oxidation sites excluding steroid dienone is 2. The molecule has 0 unspecified atom stereocenters. The van der Waals surface area contributed by atoms with Crippen LogP contribution >= 0.6 is 7.60 Å². The Bertz CT molecular complexity index is 400. The van der Waals surface area contributed by atoms with Crippen LogP contribution in [0.4, 0.5) is 0 Å². The normalized spacial score (nSPS) is 19.1. The van der Waals surface area contributed by atoms with Gasteiger partial charge in [0.15, 0.2) is 0 Å². The van der Waals surface area contributed by atoms with E-state index in [2.05, 4.69) is 24.9 Å². The molecule has 1 aliphatic rings. The Balaban J connectivity index is 3.15. The summed E-state index contributed by atoms with van der Waals surface area (Å²) in [5, 5.41) is 0. The molecule has 0 spiro atoms. The van der Waals surface area contributed by atoms with Gasteiger partial charge in [0.05, 0.1) is 13.2 Å². The van der Waals surface area contributed by atoms with Crippen LogP contribution in [0.15, 0.2) is 16.8 Å². The Morgan fingerprint density at radius 1 is 1.28 bits per heavy atom. The van der Waals surface area contributed by atoms with Crippen molar-refractivity contribution in [3.05, 3.63) is 11.8 Å². The highest BCUT2D eigenvalue weighted by molar-refractivity contribution is 7.72. The average Bonchev–Trinajstić information content (AvgIpc) is 2.55. The molecule has 1 rings (SSSR count). The van der Waals surface area contributed by atoms with Crippen molar-refractivity contribution in [3.63, 3.8) is 0 Å². The zero-order chi connectivity index (χ0) is 14.0. The summed E-state index contributed by atoms with van der Waals surface area (Å²) in [5.74, 6) is 0.304. The summed E-state index contributed by atoms with van der Waals surface area (Å²) in [4.78, 5) is 4.51. The Morgan fingerprint density at radius 2 is 1.78 bits per heavy atom. The van der Waals surface area contributed by atoms with Crippen molar-refractivity contribution in [2.75, 3.05) is 13.2 Å². The third-order valence-electron chi connectivity index (χ3n) is 2.77. The van der Waals surface area contributed by atoms with Gasteiger partial charge in [0.25, 0.3) is 0 Å². The summed E-state index contributed by atoms with van der Waals surface area (Å²) < 4.78 is 23.6. The molecule has 4 nitrogen and oxygen atoms in total. The van der Waals surface area contributed by atoms with Gasteiger partial charge in [0.2, 0.25) is 0 Å². The molecule has 0 amide bonds. The molecule has 0 saturated carbocycles. The van der Waals surface area contributed by atoms with Crippen molar-refractivity contribution >= 4 is 13.0 Å². The first-order valence-electron chi connectivity index (χ1n) is 6.48. The van der Waals surface area contributed by atoms with Crippen molar-refractivity contribution in [1.82, 2.24) is 0 Å². The minimum absolute atomic E-state index is 0.304. The number of aliphatic imine (C=N–C) groups is 1. The first-order chi connectivity index (χ1) is 8.27. The highest BCUT2D eigenvalue weighted by Crippen LogP contribution is 2.57. The van der Waals surface area contributed by atoms with Gasteiger partial charge in [-0.05, 0) is 19.8 Å². The topological polar surface area (TPSA) is 47.9 Å². The second-order valence-electron chi connectivity index (χ2n) is 5.21. The van der Waals surface area contributed by atoms with Gasteiger partial charge >= 0.3 is 7.60 Å². The summed E-state index contributed by atoms with van der Waals surface area (Å²) in [6.45, 7) is 12.4. The predicted octanol–water partition coefficient (Wildman–Crippen LogP) is 4.23. The molecular formula is C13H24NO3P. The molecule has 1 heterocycles. The SMILES string of the molecule is CCOP(=O)(OCC)C1=NC(C(C)C)=CC1(C)C. The van der Waals surface area contributed by atoms with E-state index in [0.717, 1.165) is 5.70 Å². The summed E-state index contributed by atoms with van der Waals surface area (Å²) in [7, 11) is -3.27. The van der Waals surface area contributed by atoms with Gasteiger partial charge in [-0.15, -0.1) is 0 Å². The number of hydrogen-bond acceptors (Lipinski definition) is 4. The summed E-state index contributed by atoms with van der Waals surface area (Å²) >= 11 is 0. The Morgan fingerprint density at radius 3 is 2.11 bits per heavy atom. The summed E-state index contributed by atoms with van der Waals surface area (Å²) in [6, 6.07) is 0. The molecule has 0 aromatic rings. The standard InChI is InChI=1S/C13H24NO3P/c1-7-16-18(15,17-8-2)12-13(5,6)9-11(14-12)10(3)4/h9-10H,7-8H2,1-6H3. The smallest absolute Gasteiger partial charge is 0.305 e. The molecular weight excluding hydrogens is 249 g/mol. The molecule has 0 N–H and O–H groups in total. The monoisotopic (exact) mass is 273 g/mol. The number of hydrogen-bond donors (Lipinski definition) is 0. The van der Waals surface area contributed by atoms with Crippen LogP contribution in [0.2, 0.25) is 0 Å². The average molecular weight is 273 g/mol. The van der Waals surface area contributed by atoms with Crippen LogP contribution in [0.25, 0.3) is 0 Å². The van der Waals surface area contributed by atoms with Crippen molar-refractivity contribution in [2.45, 2.75) is 41.5 Å². The minimum Gasteiger partial charge on any atom is -0.305 e. The molecule has 5 heteroatoms. The lowest BCUT2D eigenvalue weighted by molar-refractivity contribution is 0.231. The van der Waals surface area contributed by atoms with Crippen LogP contribution in [0.5, 0.6) is 0 Å². The maximum Gasteiger partial charge on any atom is 0.376 e. The summed E-state index contributed by atoms with van der Waals surface area (Å²) in [6.07, 6.45) is 2.05. The molecule has 1 aliphatic heterocycles. The van der Waals surface area contributed by atoms with Crippen molar-refractivity contribution in [3.8, 4) is 0 Å². The van der Waals surface area contributed by atoms with E-state index in [1.54, 1.807) is 0 Å². The van der Waals surface area contributed by atoms with Crippen LogP contribution in [-0.4, -0.2) is 18.7 Å². The van der Waals surface area contributed by atoms with E-state index in [0.29, 0.717) is 24.6 Å².